The molecule has 2 aromatic rings. The molecule has 0 saturated carbocycles. The van der Waals surface area contributed by atoms with Gasteiger partial charge in [0.05, 0.1) is 12.1 Å². The van der Waals surface area contributed by atoms with E-state index in [0.717, 1.165) is 49.8 Å². The minimum absolute atomic E-state index is 0. The van der Waals surface area contributed by atoms with Gasteiger partial charge in [0, 0.05) is 45.2 Å². The maximum Gasteiger partial charge on any atom is 0.416 e. The summed E-state index contributed by atoms with van der Waals surface area (Å²) in [6.07, 6.45) is -4.30. The Labute approximate surface area is 203 Å². The lowest BCUT2D eigenvalue weighted by Gasteiger charge is -2.36. The Morgan fingerprint density at radius 3 is 2.22 bits per heavy atom. The van der Waals surface area contributed by atoms with E-state index in [0.29, 0.717) is 24.8 Å². The standard InChI is InChI=1S/C21H29F3N6O.HI/c1-20(2,3)18-27-17(28-31-18)13-26-19(25-4)30-11-9-29(10-12-30)14-15-5-7-16(8-6-15)21(22,23)24;/h5-8H,9-14H2,1-4H3,(H,25,26);1H. The normalized spacial score (nSPS) is 16.1. The second-order valence-electron chi connectivity index (χ2n) is 8.62. The molecule has 0 aliphatic carbocycles. The molecule has 2 heterocycles. The topological polar surface area (TPSA) is 69.8 Å². The molecule has 0 spiro atoms. The summed E-state index contributed by atoms with van der Waals surface area (Å²) in [6.45, 7) is 10.2. The van der Waals surface area contributed by atoms with Crippen LogP contribution in [0.15, 0.2) is 33.8 Å². The van der Waals surface area contributed by atoms with Gasteiger partial charge in [-0.15, -0.1) is 24.0 Å². The second kappa shape index (κ2) is 10.8. The highest BCUT2D eigenvalue weighted by Crippen LogP contribution is 2.29. The molecule has 0 amide bonds. The van der Waals surface area contributed by atoms with Crippen LogP contribution in [0.4, 0.5) is 13.2 Å². The second-order valence-corrected chi connectivity index (χ2v) is 8.62. The Bertz CT molecular complexity index is 884. The van der Waals surface area contributed by atoms with Crippen molar-refractivity contribution in [1.82, 2.24) is 25.3 Å². The first kappa shape index (κ1) is 26.4. The molecule has 1 aliphatic rings. The number of alkyl halides is 3. The largest absolute Gasteiger partial charge is 0.416 e. The molecule has 0 unspecified atom stereocenters. The Kier molecular flexibility index (Phi) is 8.91. The van der Waals surface area contributed by atoms with Gasteiger partial charge in [0.25, 0.3) is 0 Å². The van der Waals surface area contributed by atoms with Crippen LogP contribution in [0.1, 0.15) is 43.6 Å². The summed E-state index contributed by atoms with van der Waals surface area (Å²) in [5.74, 6) is 1.93. The SMILES string of the molecule is CN=C(NCc1noc(C(C)(C)C)n1)N1CCN(Cc2ccc(C(F)(F)F)cc2)CC1.I. The number of rotatable bonds is 4. The van der Waals surface area contributed by atoms with Crippen LogP contribution in [0.3, 0.4) is 0 Å². The minimum atomic E-state index is -4.30. The third-order valence-electron chi connectivity index (χ3n) is 5.09. The Morgan fingerprint density at radius 2 is 1.72 bits per heavy atom. The van der Waals surface area contributed by atoms with Crippen LogP contribution in [0, 0.1) is 0 Å². The molecule has 32 heavy (non-hydrogen) atoms. The van der Waals surface area contributed by atoms with Crippen LogP contribution in [0.2, 0.25) is 0 Å². The van der Waals surface area contributed by atoms with Gasteiger partial charge >= 0.3 is 6.18 Å². The Morgan fingerprint density at radius 1 is 1.09 bits per heavy atom. The van der Waals surface area contributed by atoms with E-state index in [1.807, 2.05) is 20.8 Å². The van der Waals surface area contributed by atoms with Crippen LogP contribution < -0.4 is 5.32 Å². The minimum Gasteiger partial charge on any atom is -0.349 e. The van der Waals surface area contributed by atoms with E-state index >= 15 is 0 Å². The highest BCUT2D eigenvalue weighted by Gasteiger charge is 2.30. The average Bonchev–Trinajstić information content (AvgIpc) is 3.19. The number of aromatic nitrogens is 2. The lowest BCUT2D eigenvalue weighted by Crippen LogP contribution is -2.52. The fraction of sp³-hybridized carbons (Fsp3) is 0.571. The predicted octanol–water partition coefficient (Wildman–Crippen LogP) is 3.90. The third-order valence-corrected chi connectivity index (χ3v) is 5.09. The van der Waals surface area contributed by atoms with Crippen molar-refractivity contribution in [3.05, 3.63) is 47.1 Å². The number of aliphatic imine (C=N–C) groups is 1. The molecular formula is C21H30F3IN6O. The average molecular weight is 566 g/mol. The highest BCUT2D eigenvalue weighted by molar-refractivity contribution is 14.0. The lowest BCUT2D eigenvalue weighted by atomic mass is 9.97. The van der Waals surface area contributed by atoms with Gasteiger partial charge < -0.3 is 14.7 Å². The van der Waals surface area contributed by atoms with Crippen LogP contribution in [-0.4, -0.2) is 59.1 Å². The van der Waals surface area contributed by atoms with Crippen LogP contribution in [0.25, 0.3) is 0 Å². The molecule has 0 atom stereocenters. The van der Waals surface area contributed by atoms with E-state index in [4.69, 9.17) is 4.52 Å². The van der Waals surface area contributed by atoms with Crippen molar-refractivity contribution < 1.29 is 17.7 Å². The lowest BCUT2D eigenvalue weighted by molar-refractivity contribution is -0.137. The molecule has 1 aromatic carbocycles. The molecule has 7 nitrogen and oxygen atoms in total. The summed E-state index contributed by atoms with van der Waals surface area (Å²) in [5.41, 5.74) is 0.0546. The summed E-state index contributed by atoms with van der Waals surface area (Å²) in [7, 11) is 1.73. The molecule has 1 aromatic heterocycles. The molecule has 0 radical (unpaired) electrons. The van der Waals surface area contributed by atoms with Gasteiger partial charge in [-0.3, -0.25) is 9.89 Å². The van der Waals surface area contributed by atoms with Gasteiger partial charge in [-0.25, -0.2) is 0 Å². The Hall–Kier alpha value is -1.89. The Balaban J connectivity index is 0.00000363. The van der Waals surface area contributed by atoms with Crippen molar-refractivity contribution in [2.75, 3.05) is 33.2 Å². The van der Waals surface area contributed by atoms with E-state index in [2.05, 4.69) is 30.2 Å². The van der Waals surface area contributed by atoms with Gasteiger partial charge in [0.2, 0.25) is 5.89 Å². The fourth-order valence-electron chi connectivity index (χ4n) is 3.30. The molecule has 1 N–H and O–H groups in total. The zero-order valence-corrected chi connectivity index (χ0v) is 21.1. The maximum atomic E-state index is 12.7. The molecule has 11 heteroatoms. The highest BCUT2D eigenvalue weighted by atomic mass is 127. The first-order chi connectivity index (χ1) is 14.6. The molecule has 1 saturated heterocycles. The number of piperazine rings is 1. The van der Waals surface area contributed by atoms with Crippen molar-refractivity contribution in [3.8, 4) is 0 Å². The van der Waals surface area contributed by atoms with Gasteiger partial charge in [0.15, 0.2) is 11.8 Å². The smallest absolute Gasteiger partial charge is 0.349 e. The van der Waals surface area contributed by atoms with Crippen LogP contribution >= 0.6 is 24.0 Å². The fourth-order valence-corrected chi connectivity index (χ4v) is 3.30. The van der Waals surface area contributed by atoms with Crippen molar-refractivity contribution in [3.63, 3.8) is 0 Å². The summed E-state index contributed by atoms with van der Waals surface area (Å²) in [4.78, 5) is 13.1. The number of halogens is 4. The monoisotopic (exact) mass is 566 g/mol. The maximum absolute atomic E-state index is 12.7. The molecule has 1 aliphatic heterocycles. The van der Waals surface area contributed by atoms with E-state index in [1.165, 1.54) is 0 Å². The van der Waals surface area contributed by atoms with Crippen molar-refractivity contribution in [2.24, 2.45) is 4.99 Å². The predicted molar refractivity (Wildman–Crippen MR) is 127 cm³/mol. The van der Waals surface area contributed by atoms with Crippen LogP contribution in [0.5, 0.6) is 0 Å². The van der Waals surface area contributed by atoms with Gasteiger partial charge in [-0.1, -0.05) is 38.1 Å². The van der Waals surface area contributed by atoms with Crippen molar-refractivity contribution in [1.29, 1.82) is 0 Å². The molecule has 3 rings (SSSR count). The third kappa shape index (κ3) is 7.06. The summed E-state index contributed by atoms with van der Waals surface area (Å²) in [6, 6.07) is 5.37. The number of nitrogens with zero attached hydrogens (tertiary/aromatic N) is 5. The summed E-state index contributed by atoms with van der Waals surface area (Å²) < 4.78 is 43.4. The number of hydrogen-bond donors (Lipinski definition) is 1. The first-order valence-corrected chi connectivity index (χ1v) is 10.2. The molecule has 0 bridgehead atoms. The van der Waals surface area contributed by atoms with Crippen molar-refractivity contribution >= 4 is 29.9 Å². The quantitative estimate of drug-likeness (QED) is 0.344. The van der Waals surface area contributed by atoms with Crippen LogP contribution in [-0.2, 0) is 24.7 Å². The molecule has 1 fully saturated rings. The summed E-state index contributed by atoms with van der Waals surface area (Å²) >= 11 is 0. The van der Waals surface area contributed by atoms with Gasteiger partial charge in [0.1, 0.15) is 0 Å². The van der Waals surface area contributed by atoms with E-state index in [1.54, 1.807) is 19.2 Å². The van der Waals surface area contributed by atoms with E-state index in [-0.39, 0.29) is 29.4 Å². The zero-order chi connectivity index (χ0) is 22.6. The number of guanidine groups is 1. The van der Waals surface area contributed by atoms with Crippen molar-refractivity contribution in [2.45, 2.75) is 45.5 Å². The first-order valence-electron chi connectivity index (χ1n) is 10.2. The van der Waals surface area contributed by atoms with E-state index in [9.17, 15) is 13.2 Å². The number of nitrogens with one attached hydrogen (secondary N) is 1. The number of benzene rings is 1. The molecule has 178 valence electrons. The van der Waals surface area contributed by atoms with E-state index < -0.39 is 11.7 Å². The summed E-state index contributed by atoms with van der Waals surface area (Å²) in [5, 5.41) is 7.28. The van der Waals surface area contributed by atoms with Gasteiger partial charge in [-0.05, 0) is 17.7 Å². The zero-order valence-electron chi connectivity index (χ0n) is 18.7. The van der Waals surface area contributed by atoms with Gasteiger partial charge in [-0.2, -0.15) is 18.2 Å². The number of hydrogen-bond acceptors (Lipinski definition) is 5. The molecular weight excluding hydrogens is 536 g/mol.